The number of hydrogen-bond donors (Lipinski definition) is 1. The quantitative estimate of drug-likeness (QED) is 0.525. The summed E-state index contributed by atoms with van der Waals surface area (Å²) >= 11 is 6.08. The summed E-state index contributed by atoms with van der Waals surface area (Å²) < 4.78 is 32.1. The Balaban J connectivity index is 1.89. The molecule has 6 nitrogen and oxygen atoms in total. The smallest absolute Gasteiger partial charge is 0.248 e. The lowest BCUT2D eigenvalue weighted by molar-refractivity contribution is -0.116. The highest BCUT2D eigenvalue weighted by Crippen LogP contribution is 2.31. The molecular formula is C23H23ClN2O4S. The molecule has 8 heteroatoms. The molecule has 162 valence electrons. The van der Waals surface area contributed by atoms with Crippen LogP contribution in [0, 0.1) is 6.92 Å². The van der Waals surface area contributed by atoms with E-state index in [2.05, 4.69) is 5.32 Å². The fourth-order valence-corrected chi connectivity index (χ4v) is 4.50. The van der Waals surface area contributed by atoms with E-state index in [1.165, 1.54) is 13.0 Å². The number of para-hydroxylation sites is 3. The first kappa shape index (κ1) is 22.7. The number of anilines is 2. The Morgan fingerprint density at radius 3 is 2.35 bits per heavy atom. The van der Waals surface area contributed by atoms with Gasteiger partial charge in [-0.1, -0.05) is 48.0 Å². The number of nitrogens with zero attached hydrogens (tertiary/aromatic N) is 1. The number of aryl methyl sites for hydroxylation is 1. The van der Waals surface area contributed by atoms with E-state index in [-0.39, 0.29) is 0 Å². The maximum absolute atomic E-state index is 13.1. The molecule has 0 heterocycles. The number of amides is 1. The largest absolute Gasteiger partial charge is 0.455 e. The highest BCUT2D eigenvalue weighted by molar-refractivity contribution is 7.92. The van der Waals surface area contributed by atoms with Crippen molar-refractivity contribution in [2.24, 2.45) is 0 Å². The summed E-state index contributed by atoms with van der Waals surface area (Å²) in [5.74, 6) is 0.553. The lowest BCUT2D eigenvalue weighted by Gasteiger charge is -2.29. The van der Waals surface area contributed by atoms with Crippen molar-refractivity contribution in [1.29, 1.82) is 0 Å². The van der Waals surface area contributed by atoms with Crippen LogP contribution in [0.15, 0.2) is 72.8 Å². The molecule has 0 saturated heterocycles. The minimum absolute atomic E-state index is 0.353. The van der Waals surface area contributed by atoms with Gasteiger partial charge in [0.2, 0.25) is 15.9 Å². The first-order valence-corrected chi connectivity index (χ1v) is 11.8. The SMILES string of the molecule is Cc1ccc(Cl)cc1N([C@H](C)C(=O)Nc1ccccc1Oc1ccccc1)S(C)(=O)=O. The zero-order chi connectivity index (χ0) is 22.6. The first-order chi connectivity index (χ1) is 14.7. The van der Waals surface area contributed by atoms with Gasteiger partial charge < -0.3 is 10.1 Å². The monoisotopic (exact) mass is 458 g/mol. The van der Waals surface area contributed by atoms with Gasteiger partial charge in [-0.25, -0.2) is 8.42 Å². The van der Waals surface area contributed by atoms with Gasteiger partial charge in [0.1, 0.15) is 11.8 Å². The number of rotatable bonds is 7. The minimum atomic E-state index is -3.77. The van der Waals surface area contributed by atoms with Crippen molar-refractivity contribution < 1.29 is 17.9 Å². The predicted octanol–water partition coefficient (Wildman–Crippen LogP) is 5.23. The fourth-order valence-electron chi connectivity index (χ4n) is 3.11. The number of carbonyl (C=O) groups excluding carboxylic acids is 1. The summed E-state index contributed by atoms with van der Waals surface area (Å²) in [7, 11) is -3.77. The molecule has 1 atom stereocenters. The van der Waals surface area contributed by atoms with E-state index in [0.29, 0.717) is 33.5 Å². The van der Waals surface area contributed by atoms with Crippen molar-refractivity contribution in [3.05, 3.63) is 83.4 Å². The molecule has 0 fully saturated rings. The zero-order valence-electron chi connectivity index (χ0n) is 17.4. The third-order valence-electron chi connectivity index (χ3n) is 4.61. The van der Waals surface area contributed by atoms with Crippen molar-refractivity contribution in [2.45, 2.75) is 19.9 Å². The Morgan fingerprint density at radius 2 is 1.68 bits per heavy atom. The number of sulfonamides is 1. The summed E-state index contributed by atoms with van der Waals surface area (Å²) in [6.45, 7) is 3.29. The van der Waals surface area contributed by atoms with E-state index >= 15 is 0 Å². The van der Waals surface area contributed by atoms with Crippen LogP contribution in [0.4, 0.5) is 11.4 Å². The molecule has 3 aromatic carbocycles. The Hall–Kier alpha value is -3.03. The molecule has 0 unspecified atom stereocenters. The molecular weight excluding hydrogens is 436 g/mol. The number of carbonyl (C=O) groups is 1. The summed E-state index contributed by atoms with van der Waals surface area (Å²) in [4.78, 5) is 13.1. The second-order valence-electron chi connectivity index (χ2n) is 7.07. The zero-order valence-corrected chi connectivity index (χ0v) is 18.9. The number of benzene rings is 3. The molecule has 0 aliphatic heterocycles. The fraction of sp³-hybridized carbons (Fsp3) is 0.174. The van der Waals surface area contributed by atoms with Crippen LogP contribution in [0.3, 0.4) is 0 Å². The van der Waals surface area contributed by atoms with Crippen LogP contribution < -0.4 is 14.4 Å². The van der Waals surface area contributed by atoms with E-state index in [1.807, 2.05) is 18.2 Å². The van der Waals surface area contributed by atoms with Gasteiger partial charge in [0.25, 0.3) is 0 Å². The average molecular weight is 459 g/mol. The number of hydrogen-bond acceptors (Lipinski definition) is 4. The molecule has 0 radical (unpaired) electrons. The number of ether oxygens (including phenoxy) is 1. The minimum Gasteiger partial charge on any atom is -0.455 e. The van der Waals surface area contributed by atoms with Gasteiger partial charge in [-0.2, -0.15) is 0 Å². The van der Waals surface area contributed by atoms with Crippen LogP contribution in [0.1, 0.15) is 12.5 Å². The van der Waals surface area contributed by atoms with Crippen LogP contribution in [0.2, 0.25) is 5.02 Å². The molecule has 0 aliphatic carbocycles. The average Bonchev–Trinajstić information content (AvgIpc) is 2.72. The molecule has 0 aromatic heterocycles. The predicted molar refractivity (Wildman–Crippen MR) is 125 cm³/mol. The van der Waals surface area contributed by atoms with Crippen LogP contribution in [0.5, 0.6) is 11.5 Å². The van der Waals surface area contributed by atoms with Crippen molar-refractivity contribution in [3.63, 3.8) is 0 Å². The van der Waals surface area contributed by atoms with E-state index < -0.39 is 22.0 Å². The lowest BCUT2D eigenvalue weighted by Crippen LogP contribution is -2.45. The summed E-state index contributed by atoms with van der Waals surface area (Å²) in [6, 6.07) is 20.0. The van der Waals surface area contributed by atoms with Crippen molar-refractivity contribution >= 4 is 38.9 Å². The van der Waals surface area contributed by atoms with Gasteiger partial charge in [-0.05, 0) is 55.8 Å². The Kier molecular flexibility index (Phi) is 6.87. The van der Waals surface area contributed by atoms with Gasteiger partial charge in [0.15, 0.2) is 5.75 Å². The highest BCUT2D eigenvalue weighted by Gasteiger charge is 2.30. The Morgan fingerprint density at radius 1 is 1.03 bits per heavy atom. The van der Waals surface area contributed by atoms with Gasteiger partial charge in [0, 0.05) is 5.02 Å². The molecule has 0 saturated carbocycles. The van der Waals surface area contributed by atoms with Crippen molar-refractivity contribution in [1.82, 2.24) is 0 Å². The molecule has 1 amide bonds. The van der Waals surface area contributed by atoms with Crippen LogP contribution >= 0.6 is 11.6 Å². The topological polar surface area (TPSA) is 75.7 Å². The van der Waals surface area contributed by atoms with Crippen LogP contribution in [0.25, 0.3) is 0 Å². The summed E-state index contributed by atoms with van der Waals surface area (Å²) in [6.07, 6.45) is 1.06. The molecule has 0 bridgehead atoms. The third-order valence-corrected chi connectivity index (χ3v) is 6.08. The summed E-state index contributed by atoms with van der Waals surface area (Å²) in [5, 5.41) is 3.16. The second-order valence-corrected chi connectivity index (χ2v) is 9.36. The number of nitrogens with one attached hydrogen (secondary N) is 1. The molecule has 1 N–H and O–H groups in total. The summed E-state index contributed by atoms with van der Waals surface area (Å²) in [5.41, 5.74) is 1.47. The van der Waals surface area contributed by atoms with Crippen LogP contribution in [-0.4, -0.2) is 26.6 Å². The van der Waals surface area contributed by atoms with E-state index in [9.17, 15) is 13.2 Å². The normalized spacial score (nSPS) is 12.1. The standard InChI is InChI=1S/C23H23ClN2O4S/c1-16-13-14-18(24)15-21(16)26(31(3,28)29)17(2)23(27)25-20-11-7-8-12-22(20)30-19-9-5-4-6-10-19/h4-15,17H,1-3H3,(H,25,27)/t17-/m1/s1. The Bertz CT molecular complexity index is 1180. The van der Waals surface area contributed by atoms with Gasteiger partial charge in [-0.15, -0.1) is 0 Å². The highest BCUT2D eigenvalue weighted by atomic mass is 35.5. The van der Waals surface area contributed by atoms with E-state index in [4.69, 9.17) is 16.3 Å². The second kappa shape index (κ2) is 9.41. The third kappa shape index (κ3) is 5.57. The molecule has 0 spiro atoms. The first-order valence-electron chi connectivity index (χ1n) is 9.55. The van der Waals surface area contributed by atoms with E-state index in [0.717, 1.165) is 10.6 Å². The van der Waals surface area contributed by atoms with Gasteiger partial charge >= 0.3 is 0 Å². The molecule has 3 aromatic rings. The van der Waals surface area contributed by atoms with Crippen molar-refractivity contribution in [3.8, 4) is 11.5 Å². The molecule has 0 aliphatic rings. The van der Waals surface area contributed by atoms with Crippen molar-refractivity contribution in [2.75, 3.05) is 15.9 Å². The van der Waals surface area contributed by atoms with E-state index in [1.54, 1.807) is 55.5 Å². The van der Waals surface area contributed by atoms with Crippen LogP contribution in [-0.2, 0) is 14.8 Å². The maximum atomic E-state index is 13.1. The molecule has 31 heavy (non-hydrogen) atoms. The lowest BCUT2D eigenvalue weighted by atomic mass is 10.1. The number of halogens is 1. The molecule has 3 rings (SSSR count). The van der Waals surface area contributed by atoms with Gasteiger partial charge in [0.05, 0.1) is 17.6 Å². The maximum Gasteiger partial charge on any atom is 0.248 e. The van der Waals surface area contributed by atoms with Gasteiger partial charge in [-0.3, -0.25) is 9.10 Å². The Labute approximate surface area is 187 Å².